The average molecular weight is 457 g/mol. The Morgan fingerprint density at radius 1 is 1.39 bits per heavy atom. The van der Waals surface area contributed by atoms with E-state index in [9.17, 15) is 14.0 Å². The van der Waals surface area contributed by atoms with Gasteiger partial charge in [-0.05, 0) is 52.2 Å². The highest BCUT2D eigenvalue weighted by Gasteiger charge is 2.57. The van der Waals surface area contributed by atoms with Crippen LogP contribution in [0.1, 0.15) is 46.0 Å². The molecule has 3 saturated heterocycles. The molecule has 1 spiro atoms. The summed E-state index contributed by atoms with van der Waals surface area (Å²) in [7, 11) is 0. The number of carbonyl (C=O) groups excluding carboxylic acids is 2. The van der Waals surface area contributed by atoms with Crippen LogP contribution in [-0.2, 0) is 9.59 Å². The molecule has 8 nitrogen and oxygen atoms in total. The molecule has 0 aromatic rings. The SMILES string of the molecule is CCNC1=C2NC(=O)C(C)(N3CCC[C@@H](NC(=O)C4CC5(C4)CN(C#N)C5)C3)C2CC(F)=C1. The molecule has 3 N–H and O–H groups in total. The minimum absolute atomic E-state index is 0.0152. The van der Waals surface area contributed by atoms with Crippen LogP contribution in [0.25, 0.3) is 0 Å². The molecule has 0 bridgehead atoms. The van der Waals surface area contributed by atoms with Gasteiger partial charge in [-0.3, -0.25) is 14.5 Å². The van der Waals surface area contributed by atoms with Crippen molar-refractivity contribution in [2.24, 2.45) is 17.3 Å². The number of fused-ring (bicyclic) bond motifs is 1. The Kier molecular flexibility index (Phi) is 5.39. The van der Waals surface area contributed by atoms with Gasteiger partial charge in [0.15, 0.2) is 6.19 Å². The molecule has 3 heterocycles. The third-order valence-electron chi connectivity index (χ3n) is 8.44. The lowest BCUT2D eigenvalue weighted by atomic mass is 9.57. The van der Waals surface area contributed by atoms with E-state index in [2.05, 4.69) is 27.0 Å². The first-order chi connectivity index (χ1) is 15.8. The smallest absolute Gasteiger partial charge is 0.245 e. The summed E-state index contributed by atoms with van der Waals surface area (Å²) in [6, 6.07) is -0.0188. The zero-order valence-corrected chi connectivity index (χ0v) is 19.4. The highest BCUT2D eigenvalue weighted by Crippen LogP contribution is 2.51. The predicted octanol–water partition coefficient (Wildman–Crippen LogP) is 1.34. The summed E-state index contributed by atoms with van der Waals surface area (Å²) in [5, 5.41) is 18.4. The number of rotatable bonds is 5. The van der Waals surface area contributed by atoms with Crippen molar-refractivity contribution in [2.75, 3.05) is 32.7 Å². The molecule has 2 unspecified atom stereocenters. The van der Waals surface area contributed by atoms with Crippen molar-refractivity contribution in [2.45, 2.75) is 57.5 Å². The lowest BCUT2D eigenvalue weighted by molar-refractivity contribution is -0.141. The Hall–Kier alpha value is -2.60. The Balaban J connectivity index is 1.23. The summed E-state index contributed by atoms with van der Waals surface area (Å²) in [6.45, 7) is 7.39. The van der Waals surface area contributed by atoms with Crippen LogP contribution in [0.3, 0.4) is 0 Å². The maximum absolute atomic E-state index is 14.5. The lowest BCUT2D eigenvalue weighted by Crippen LogP contribution is -2.64. The summed E-state index contributed by atoms with van der Waals surface area (Å²) < 4.78 is 14.5. The van der Waals surface area contributed by atoms with Gasteiger partial charge in [0, 0.05) is 61.6 Å². The maximum atomic E-state index is 14.5. The molecule has 0 aromatic carbocycles. The third kappa shape index (κ3) is 3.59. The minimum atomic E-state index is -0.849. The highest BCUT2D eigenvalue weighted by atomic mass is 19.1. The number of halogens is 1. The lowest BCUT2D eigenvalue weighted by Gasteiger charge is -2.57. The number of hydrogen-bond donors (Lipinski definition) is 3. The van der Waals surface area contributed by atoms with E-state index in [0.717, 1.165) is 51.0 Å². The molecule has 0 aromatic heterocycles. The zero-order valence-electron chi connectivity index (χ0n) is 19.4. The Morgan fingerprint density at radius 2 is 2.15 bits per heavy atom. The second kappa shape index (κ2) is 8.01. The van der Waals surface area contributed by atoms with Crippen LogP contribution >= 0.6 is 0 Å². The first kappa shape index (κ1) is 22.2. The van der Waals surface area contributed by atoms with Gasteiger partial charge in [0.25, 0.3) is 0 Å². The van der Waals surface area contributed by atoms with Crippen LogP contribution in [-0.4, -0.2) is 65.9 Å². The van der Waals surface area contributed by atoms with Crippen molar-refractivity contribution in [3.8, 4) is 6.19 Å². The van der Waals surface area contributed by atoms with Crippen LogP contribution < -0.4 is 16.0 Å². The van der Waals surface area contributed by atoms with Crippen molar-refractivity contribution < 1.29 is 14.0 Å². The fourth-order valence-corrected chi connectivity index (χ4v) is 6.62. The zero-order chi connectivity index (χ0) is 23.4. The summed E-state index contributed by atoms with van der Waals surface area (Å²) >= 11 is 0. The van der Waals surface area contributed by atoms with E-state index in [0.29, 0.717) is 18.8 Å². The Morgan fingerprint density at radius 3 is 2.85 bits per heavy atom. The van der Waals surface area contributed by atoms with Gasteiger partial charge in [-0.15, -0.1) is 0 Å². The number of likely N-dealkylation sites (N-methyl/N-ethyl adjacent to an activating group) is 1. The molecular formula is C24H33FN6O2. The molecule has 33 heavy (non-hydrogen) atoms. The molecule has 2 aliphatic carbocycles. The summed E-state index contributed by atoms with van der Waals surface area (Å²) in [6.07, 6.45) is 7.32. The first-order valence-corrected chi connectivity index (χ1v) is 12.1. The number of nitrogens with one attached hydrogen (secondary N) is 3. The van der Waals surface area contributed by atoms with Gasteiger partial charge < -0.3 is 20.9 Å². The van der Waals surface area contributed by atoms with Crippen LogP contribution in [0.5, 0.6) is 0 Å². The van der Waals surface area contributed by atoms with E-state index in [1.54, 1.807) is 4.90 Å². The molecule has 1 saturated carbocycles. The van der Waals surface area contributed by atoms with Gasteiger partial charge in [-0.1, -0.05) is 0 Å². The molecule has 5 rings (SSSR count). The number of nitriles is 1. The van der Waals surface area contributed by atoms with Gasteiger partial charge in [-0.25, -0.2) is 4.39 Å². The maximum Gasteiger partial charge on any atom is 0.245 e. The fraction of sp³-hybridized carbons (Fsp3) is 0.708. The topological polar surface area (TPSA) is 100 Å². The van der Waals surface area contributed by atoms with E-state index < -0.39 is 5.54 Å². The fourth-order valence-electron chi connectivity index (χ4n) is 6.62. The molecule has 178 valence electrons. The highest BCUT2D eigenvalue weighted by molar-refractivity contribution is 5.92. The van der Waals surface area contributed by atoms with Crippen molar-refractivity contribution >= 4 is 11.8 Å². The van der Waals surface area contributed by atoms with E-state index in [1.165, 1.54) is 6.08 Å². The summed E-state index contributed by atoms with van der Waals surface area (Å²) in [5.74, 6) is -0.478. The number of piperidine rings is 1. The molecule has 5 aliphatic rings. The van der Waals surface area contributed by atoms with Crippen molar-refractivity contribution in [3.63, 3.8) is 0 Å². The molecule has 3 atom stereocenters. The quantitative estimate of drug-likeness (QED) is 0.540. The Labute approximate surface area is 194 Å². The van der Waals surface area contributed by atoms with Crippen LogP contribution in [0.4, 0.5) is 4.39 Å². The largest absolute Gasteiger partial charge is 0.384 e. The molecule has 2 amide bonds. The molecule has 0 radical (unpaired) electrons. The normalized spacial score (nSPS) is 33.5. The summed E-state index contributed by atoms with van der Waals surface area (Å²) in [4.78, 5) is 30.0. The van der Waals surface area contributed by atoms with Gasteiger partial charge in [-0.2, -0.15) is 5.26 Å². The molecular weight excluding hydrogens is 423 g/mol. The number of allylic oxidation sites excluding steroid dienone is 2. The number of amides is 2. The van der Waals surface area contributed by atoms with E-state index >= 15 is 0 Å². The van der Waals surface area contributed by atoms with Crippen LogP contribution in [0.15, 0.2) is 23.3 Å². The van der Waals surface area contributed by atoms with Crippen molar-refractivity contribution in [1.29, 1.82) is 5.26 Å². The molecule has 9 heteroatoms. The first-order valence-electron chi connectivity index (χ1n) is 12.1. The molecule has 4 fully saturated rings. The third-order valence-corrected chi connectivity index (χ3v) is 8.44. The van der Waals surface area contributed by atoms with Crippen molar-refractivity contribution in [3.05, 3.63) is 23.3 Å². The second-order valence-corrected chi connectivity index (χ2v) is 10.7. The second-order valence-electron chi connectivity index (χ2n) is 10.7. The summed E-state index contributed by atoms with van der Waals surface area (Å²) in [5.41, 5.74) is 0.758. The van der Waals surface area contributed by atoms with Crippen LogP contribution in [0, 0.1) is 28.7 Å². The minimum Gasteiger partial charge on any atom is -0.384 e. The average Bonchev–Trinajstić information content (AvgIpc) is 2.98. The van der Waals surface area contributed by atoms with Crippen LogP contribution in [0.2, 0.25) is 0 Å². The predicted molar refractivity (Wildman–Crippen MR) is 120 cm³/mol. The number of carbonyl (C=O) groups is 2. The molecule has 3 aliphatic heterocycles. The number of hydrogen-bond acceptors (Lipinski definition) is 6. The number of nitrogens with zero attached hydrogens (tertiary/aromatic N) is 3. The van der Waals surface area contributed by atoms with Gasteiger partial charge in [0.05, 0.1) is 5.70 Å². The van der Waals surface area contributed by atoms with E-state index in [-0.39, 0.29) is 47.4 Å². The van der Waals surface area contributed by atoms with E-state index in [1.807, 2.05) is 13.8 Å². The monoisotopic (exact) mass is 456 g/mol. The van der Waals surface area contributed by atoms with Gasteiger partial charge >= 0.3 is 0 Å². The number of likely N-dealkylation sites (tertiary alicyclic amines) is 2. The van der Waals surface area contributed by atoms with Gasteiger partial charge in [0.2, 0.25) is 11.8 Å². The Bertz CT molecular complexity index is 956. The van der Waals surface area contributed by atoms with E-state index in [4.69, 9.17) is 5.26 Å². The van der Waals surface area contributed by atoms with Crippen molar-refractivity contribution in [1.82, 2.24) is 25.8 Å². The van der Waals surface area contributed by atoms with Gasteiger partial charge in [0.1, 0.15) is 11.4 Å². The standard InChI is InChI=1S/C24H33FN6O2/c1-3-27-19-8-16(25)7-18-20(19)29-22(33)23(18,2)31-6-4-5-17(11-31)28-21(32)15-9-24(10-15)12-30(13-24)14-26/h8,15,17-18,27H,3-7,9-13H2,1-2H3,(H,28,32)(H,29,33)/t17-,18?,23?/m1/s1.